The molecule has 0 amide bonds. The monoisotopic (exact) mass is 2010 g/mol. The molecule has 8 aromatic carbocycles. The first kappa shape index (κ1) is 141. The molecular weight excluding hydrogens is 1800 g/mol. The van der Waals surface area contributed by atoms with Crippen LogP contribution < -0.4 is 36.5 Å². The lowest BCUT2D eigenvalue weighted by Crippen LogP contribution is -2.56. The molecule has 0 saturated carbocycles. The van der Waals surface area contributed by atoms with Gasteiger partial charge in [-0.3, -0.25) is 9.97 Å². The van der Waals surface area contributed by atoms with Gasteiger partial charge in [0, 0.05) is 249 Å². The Morgan fingerprint density at radius 1 is 0.155 bits per heavy atom. The average Bonchev–Trinajstić information content (AvgIpc) is 0.734. The summed E-state index contributed by atoms with van der Waals surface area (Å²) in [4.78, 5) is 9.38. The molecule has 810 valence electrons. The predicted octanol–water partition coefficient (Wildman–Crippen LogP) is 39.3. The van der Waals surface area contributed by atoms with Gasteiger partial charge in [-0.1, -0.05) is 319 Å². The highest BCUT2D eigenvalue weighted by Crippen LogP contribution is 2.39. The average molecular weight is 2020 g/mol. The maximum absolute atomic E-state index is 4.69. The van der Waals surface area contributed by atoms with E-state index in [9.17, 15) is 0 Å². The van der Waals surface area contributed by atoms with Crippen LogP contribution in [0.2, 0.25) is 0 Å². The SMILES string of the molecule is CC.CC.CC.CC.CC.CC.CC.CC.CC.CC.CC.CC.CC.CC.CC.CC.CC(C)(C)[n+]1c(-c2ccccc2)ccc2ccc3ccc(-c4ccccc4)[n+](C(C)(C)C)c3c21.CC(C)(C)[n+]1ccc(-c2ccccc2)c2ccc3c(-c4ccccc4)cc[n+](C(C)(C)C)c3c21.CC(C)(C)[n+]1cccc2c3nccnc3c3ccc[n+](C(C)(C)C)c3c21.CC(C)(C)[n+]1cccc2ccc3ccc[n+](C(C)(C)C)c3c21. The van der Waals surface area contributed by atoms with Gasteiger partial charge in [0.1, 0.15) is 11.0 Å². The first-order valence-electron chi connectivity index (χ1n) is 57.4. The van der Waals surface area contributed by atoms with Gasteiger partial charge in [0.25, 0.3) is 44.1 Å². The molecule has 0 N–H and O–H groups in total. The van der Waals surface area contributed by atoms with Crippen LogP contribution in [0.4, 0.5) is 0 Å². The molecule has 0 radical (unpaired) electrons. The second-order valence-electron chi connectivity index (χ2n) is 39.2. The van der Waals surface area contributed by atoms with Crippen molar-refractivity contribution in [2.45, 2.75) is 432 Å². The standard InChI is InChI=1S/2C32H34N2.C22H26N4.C20H26N2.16C2H6/c1-31(2,3)33-21-19-25(23-13-9-7-10-14-23)27-17-18-28-26(24-15-11-8-12-16-24)20-22-34(32(4,5)6)30(28)29(27)33;1-31(2,3)33-27(23-13-9-7-10-14-23)21-19-25-17-18-26-20-22-28(24-15-11-8-12-16-24)34(32(4,5)6)30(26)29(25)33;1-21(2,3)25-13-7-9-15-17-18(24-12-11-23-17)16-10-8-14-26(22(4,5)6)20(16)19(15)25;1-19(2,3)21-13-7-9-15-11-12-16-10-8-14-22(20(4,5)6)18(16)17(15)21;16*1-2/h2*7-22H,1-6H3;7-14H,1-6H3;7-14H,1-6H3;16*1-2H3/q4*+2;;;;;;;;;;;;;;;;. The molecule has 0 unspecified atom stereocenters. The maximum Gasteiger partial charge on any atom is 0.288 e. The van der Waals surface area contributed by atoms with E-state index in [0.717, 1.165) is 21.8 Å². The first-order chi connectivity index (χ1) is 70.7. The van der Waals surface area contributed by atoms with Crippen LogP contribution in [0, 0.1) is 0 Å². The summed E-state index contributed by atoms with van der Waals surface area (Å²) in [7, 11) is 0. The fourth-order valence-corrected chi connectivity index (χ4v) is 17.0. The van der Waals surface area contributed by atoms with Gasteiger partial charge in [0.05, 0.1) is 43.1 Å². The van der Waals surface area contributed by atoms with Gasteiger partial charge in [0.2, 0.25) is 11.4 Å². The van der Waals surface area contributed by atoms with E-state index >= 15 is 0 Å². The zero-order valence-corrected chi connectivity index (χ0v) is 105. The molecule has 0 aliphatic carbocycles. The van der Waals surface area contributed by atoms with E-state index in [0.29, 0.717) is 0 Å². The van der Waals surface area contributed by atoms with Gasteiger partial charge >= 0.3 is 0 Å². The van der Waals surface area contributed by atoms with Crippen LogP contribution in [0.5, 0.6) is 0 Å². The molecule has 9 heterocycles. The maximum atomic E-state index is 4.69. The second-order valence-corrected chi connectivity index (χ2v) is 39.2. The van der Waals surface area contributed by atoms with Gasteiger partial charge in [-0.2, -0.15) is 36.5 Å². The van der Waals surface area contributed by atoms with Crippen LogP contribution in [-0.4, -0.2) is 9.97 Å². The molecule has 10 nitrogen and oxygen atoms in total. The van der Waals surface area contributed by atoms with Gasteiger partial charge in [-0.25, -0.2) is 0 Å². The Kier molecular flexibility index (Phi) is 65.4. The Hall–Kier alpha value is -11.6. The Bertz CT molecular complexity index is 6160. The highest BCUT2D eigenvalue weighted by Gasteiger charge is 2.42. The molecule has 17 rings (SSSR count). The highest BCUT2D eigenvalue weighted by molar-refractivity contribution is 6.18. The number of aromatic nitrogens is 10. The predicted molar refractivity (Wildman–Crippen MR) is 664 cm³/mol. The van der Waals surface area contributed by atoms with Gasteiger partial charge in [-0.05, 0) is 108 Å². The molecule has 0 saturated heterocycles. The minimum Gasteiger partial charge on any atom is -0.252 e. The quantitative estimate of drug-likeness (QED) is 0.130. The molecular formula is C138H216N10+8. The van der Waals surface area contributed by atoms with Gasteiger partial charge < -0.3 is 0 Å². The van der Waals surface area contributed by atoms with Crippen LogP contribution in [-0.2, 0) is 44.3 Å². The lowest BCUT2D eigenvalue weighted by molar-refractivity contribution is -0.747. The number of hydrogen-bond donors (Lipinski definition) is 0. The number of nitrogens with zero attached hydrogens (tertiary/aromatic N) is 10. The third kappa shape index (κ3) is 35.8. The molecule has 148 heavy (non-hydrogen) atoms. The van der Waals surface area contributed by atoms with E-state index in [1.165, 1.54) is 121 Å². The van der Waals surface area contributed by atoms with E-state index in [1.807, 2.05) is 222 Å². The van der Waals surface area contributed by atoms with Crippen molar-refractivity contribution in [3.05, 3.63) is 292 Å². The van der Waals surface area contributed by atoms with Crippen molar-refractivity contribution in [2.75, 3.05) is 0 Å². The van der Waals surface area contributed by atoms with Crippen molar-refractivity contribution in [1.29, 1.82) is 0 Å². The Morgan fingerprint density at radius 3 is 0.581 bits per heavy atom. The second kappa shape index (κ2) is 68.9. The van der Waals surface area contributed by atoms with Crippen molar-refractivity contribution >= 4 is 98.3 Å². The minimum absolute atomic E-state index is 0.0410. The lowest BCUT2D eigenvalue weighted by Gasteiger charge is -2.22. The summed E-state index contributed by atoms with van der Waals surface area (Å²) in [6.07, 6.45) is 16.8. The first-order valence-corrected chi connectivity index (χ1v) is 57.4. The largest absolute Gasteiger partial charge is 0.288 e. The van der Waals surface area contributed by atoms with Crippen LogP contribution in [0.15, 0.2) is 292 Å². The summed E-state index contributed by atoms with van der Waals surface area (Å²) >= 11 is 0. The van der Waals surface area contributed by atoms with Crippen LogP contribution in [0.3, 0.4) is 0 Å². The van der Waals surface area contributed by atoms with Crippen molar-refractivity contribution in [3.8, 4) is 44.8 Å². The third-order valence-corrected chi connectivity index (χ3v) is 22.1. The summed E-state index contributed by atoms with van der Waals surface area (Å²) in [5, 5.41) is 9.92. The van der Waals surface area contributed by atoms with Gasteiger partial charge in [-0.15, -0.1) is 0 Å². The number of fused-ring (bicyclic) bond motifs is 15. The zero-order valence-electron chi connectivity index (χ0n) is 105. The van der Waals surface area contributed by atoms with E-state index in [2.05, 4.69) is 493 Å². The molecule has 0 aliphatic heterocycles. The summed E-state index contributed by atoms with van der Waals surface area (Å²) in [5.41, 5.74) is 21.6. The molecule has 0 spiro atoms. The van der Waals surface area contributed by atoms with Crippen LogP contribution in [0.1, 0.15) is 388 Å². The van der Waals surface area contributed by atoms with Crippen molar-refractivity contribution in [3.63, 3.8) is 0 Å². The molecule has 10 heteroatoms. The topological polar surface area (TPSA) is 56.8 Å². The number of rotatable bonds is 4. The molecule has 0 atom stereocenters. The van der Waals surface area contributed by atoms with E-state index < -0.39 is 0 Å². The Morgan fingerprint density at radius 2 is 0.351 bits per heavy atom. The van der Waals surface area contributed by atoms with Crippen molar-refractivity contribution in [2.24, 2.45) is 0 Å². The third-order valence-electron chi connectivity index (χ3n) is 22.1. The summed E-state index contributed by atoms with van der Waals surface area (Å²) in [6, 6.07) is 87.5. The van der Waals surface area contributed by atoms with Crippen LogP contribution in [0.25, 0.3) is 143 Å². The molecule has 17 aromatic rings. The minimum atomic E-state index is -0.114. The van der Waals surface area contributed by atoms with Crippen LogP contribution >= 0.6 is 0 Å². The molecule has 0 bridgehead atoms. The lowest BCUT2D eigenvalue weighted by atomic mass is 9.93. The number of benzene rings is 8. The van der Waals surface area contributed by atoms with Crippen molar-refractivity contribution in [1.82, 2.24) is 9.97 Å². The summed E-state index contributed by atoms with van der Waals surface area (Å²) in [5.74, 6) is 0. The van der Waals surface area contributed by atoms with E-state index in [-0.39, 0.29) is 44.3 Å². The van der Waals surface area contributed by atoms with E-state index in [1.54, 1.807) is 12.4 Å². The molecule has 0 aliphatic rings. The fraction of sp³-hybridized carbons (Fsp3) is 0.464. The Balaban J connectivity index is -0.00000175. The van der Waals surface area contributed by atoms with Gasteiger partial charge in [0.15, 0.2) is 81.5 Å². The number of pyridine rings is 8. The summed E-state index contributed by atoms with van der Waals surface area (Å²) < 4.78 is 19.5. The summed E-state index contributed by atoms with van der Waals surface area (Å²) in [6.45, 7) is 119. The Labute approximate surface area is 907 Å². The highest BCUT2D eigenvalue weighted by atomic mass is 15.1. The fourth-order valence-electron chi connectivity index (χ4n) is 17.0. The smallest absolute Gasteiger partial charge is 0.252 e. The van der Waals surface area contributed by atoms with Crippen molar-refractivity contribution < 1.29 is 36.5 Å². The van der Waals surface area contributed by atoms with E-state index in [4.69, 9.17) is 0 Å². The number of hydrogen-bond acceptors (Lipinski definition) is 2. The normalized spacial score (nSPS) is 10.6. The molecule has 0 fully saturated rings. The molecule has 9 aromatic heterocycles. The zero-order chi connectivity index (χ0) is 115.